The van der Waals surface area contributed by atoms with Crippen LogP contribution >= 0.6 is 15.9 Å². The van der Waals surface area contributed by atoms with Gasteiger partial charge in [0.2, 0.25) is 0 Å². The predicted octanol–water partition coefficient (Wildman–Crippen LogP) is 2.70. The van der Waals surface area contributed by atoms with Crippen molar-refractivity contribution in [3.8, 4) is 0 Å². The van der Waals surface area contributed by atoms with Gasteiger partial charge in [0, 0.05) is 0 Å². The first-order chi connectivity index (χ1) is 3.86. The Hall–Kier alpha value is 0.220. The van der Waals surface area contributed by atoms with Crippen LogP contribution in [0.5, 0.6) is 0 Å². The zero-order valence-electron chi connectivity index (χ0n) is 4.73. The highest BCUT2D eigenvalue weighted by Gasteiger charge is 2.30. The molecule has 2 rings (SSSR count). The third kappa shape index (κ3) is 0.572. The molecule has 0 N–H and O–H groups in total. The average molecular weight is 173 g/mol. The van der Waals surface area contributed by atoms with Crippen LogP contribution in [0.2, 0.25) is 0 Å². The van der Waals surface area contributed by atoms with Crippen LogP contribution < -0.4 is 0 Å². The molecule has 1 heteroatoms. The fourth-order valence-corrected chi connectivity index (χ4v) is 2.57. The van der Waals surface area contributed by atoms with Crippen molar-refractivity contribution in [1.29, 1.82) is 0 Å². The van der Waals surface area contributed by atoms with Gasteiger partial charge >= 0.3 is 0 Å². The normalized spacial score (nSPS) is 42.9. The Kier molecular flexibility index (Phi) is 1.01. The molecule has 0 radical (unpaired) electrons. The van der Waals surface area contributed by atoms with Crippen molar-refractivity contribution in [2.75, 3.05) is 0 Å². The number of allylic oxidation sites excluding steroid dienone is 2. The zero-order valence-corrected chi connectivity index (χ0v) is 6.32. The van der Waals surface area contributed by atoms with E-state index in [9.17, 15) is 0 Å². The number of fused-ring (bicyclic) bond motifs is 2. The third-order valence-electron chi connectivity index (χ3n) is 2.26. The lowest BCUT2D eigenvalue weighted by Crippen LogP contribution is -1.88. The molecule has 0 aliphatic heterocycles. The van der Waals surface area contributed by atoms with E-state index in [0.717, 1.165) is 11.8 Å². The SMILES string of the molecule is BrC1=C[C@@H]2CC[C@@H]1C2. The molecule has 0 heterocycles. The summed E-state index contributed by atoms with van der Waals surface area (Å²) < 4.78 is 1.48. The molecule has 0 saturated heterocycles. The van der Waals surface area contributed by atoms with E-state index < -0.39 is 0 Å². The zero-order chi connectivity index (χ0) is 5.56. The Morgan fingerprint density at radius 1 is 1.50 bits per heavy atom. The van der Waals surface area contributed by atoms with Gasteiger partial charge in [0.15, 0.2) is 0 Å². The summed E-state index contributed by atoms with van der Waals surface area (Å²) in [7, 11) is 0. The van der Waals surface area contributed by atoms with Crippen LogP contribution in [0.1, 0.15) is 19.3 Å². The van der Waals surface area contributed by atoms with Crippen LogP contribution in [-0.4, -0.2) is 0 Å². The summed E-state index contributed by atoms with van der Waals surface area (Å²) in [4.78, 5) is 0. The summed E-state index contributed by atoms with van der Waals surface area (Å²) >= 11 is 3.56. The molecule has 0 unspecified atom stereocenters. The molecular weight excluding hydrogens is 164 g/mol. The second-order valence-electron chi connectivity index (χ2n) is 2.82. The van der Waals surface area contributed by atoms with Crippen molar-refractivity contribution in [3.05, 3.63) is 10.6 Å². The summed E-state index contributed by atoms with van der Waals surface area (Å²) in [6.45, 7) is 0. The number of halogens is 1. The quantitative estimate of drug-likeness (QED) is 0.528. The average Bonchev–Trinajstić information content (AvgIpc) is 2.23. The minimum absolute atomic E-state index is 0.917. The Morgan fingerprint density at radius 2 is 2.38 bits per heavy atom. The summed E-state index contributed by atoms with van der Waals surface area (Å²) in [5.74, 6) is 1.86. The largest absolute Gasteiger partial charge is 0.0709 e. The van der Waals surface area contributed by atoms with Gasteiger partial charge in [-0.05, 0) is 35.6 Å². The Balaban J connectivity index is 2.29. The van der Waals surface area contributed by atoms with Gasteiger partial charge in [-0.2, -0.15) is 0 Å². The van der Waals surface area contributed by atoms with Gasteiger partial charge in [-0.15, -0.1) is 0 Å². The lowest BCUT2D eigenvalue weighted by atomic mass is 10.1. The maximum atomic E-state index is 3.56. The Morgan fingerprint density at radius 3 is 2.62 bits per heavy atom. The molecule has 0 nitrogen and oxygen atoms in total. The molecule has 0 aromatic carbocycles. The van der Waals surface area contributed by atoms with E-state index in [-0.39, 0.29) is 0 Å². The van der Waals surface area contributed by atoms with Crippen molar-refractivity contribution < 1.29 is 0 Å². The maximum absolute atomic E-state index is 3.56. The molecule has 2 bridgehead atoms. The van der Waals surface area contributed by atoms with E-state index in [1.807, 2.05) is 0 Å². The third-order valence-corrected chi connectivity index (χ3v) is 3.17. The molecule has 2 atom stereocenters. The first-order valence-corrected chi connectivity index (χ1v) is 4.03. The smallest absolute Gasteiger partial charge is 0.00552 e. The summed E-state index contributed by atoms with van der Waals surface area (Å²) in [6.07, 6.45) is 6.69. The fraction of sp³-hybridized carbons (Fsp3) is 0.714. The number of hydrogen-bond acceptors (Lipinski definition) is 0. The molecule has 8 heavy (non-hydrogen) atoms. The van der Waals surface area contributed by atoms with Gasteiger partial charge in [-0.1, -0.05) is 22.0 Å². The molecule has 2 aliphatic carbocycles. The van der Waals surface area contributed by atoms with Crippen LogP contribution in [0.25, 0.3) is 0 Å². The summed E-state index contributed by atoms with van der Waals surface area (Å²) in [5, 5.41) is 0. The van der Waals surface area contributed by atoms with E-state index >= 15 is 0 Å². The van der Waals surface area contributed by atoms with Crippen LogP contribution in [0, 0.1) is 11.8 Å². The van der Waals surface area contributed by atoms with E-state index in [0.29, 0.717) is 0 Å². The molecule has 0 spiro atoms. The molecule has 0 aromatic heterocycles. The van der Waals surface area contributed by atoms with Crippen molar-refractivity contribution >= 4 is 15.9 Å². The van der Waals surface area contributed by atoms with E-state index in [2.05, 4.69) is 22.0 Å². The van der Waals surface area contributed by atoms with E-state index in [1.165, 1.54) is 23.7 Å². The summed E-state index contributed by atoms with van der Waals surface area (Å²) in [6, 6.07) is 0. The minimum Gasteiger partial charge on any atom is -0.0709 e. The molecule has 0 amide bonds. The highest BCUT2D eigenvalue weighted by Crippen LogP contribution is 2.45. The number of rotatable bonds is 0. The van der Waals surface area contributed by atoms with Crippen molar-refractivity contribution in [3.63, 3.8) is 0 Å². The monoisotopic (exact) mass is 172 g/mol. The van der Waals surface area contributed by atoms with E-state index in [4.69, 9.17) is 0 Å². The van der Waals surface area contributed by atoms with Gasteiger partial charge < -0.3 is 0 Å². The Labute approximate surface area is 58.1 Å². The van der Waals surface area contributed by atoms with Gasteiger partial charge in [-0.25, -0.2) is 0 Å². The van der Waals surface area contributed by atoms with E-state index in [1.54, 1.807) is 0 Å². The van der Waals surface area contributed by atoms with Crippen molar-refractivity contribution in [1.82, 2.24) is 0 Å². The first-order valence-electron chi connectivity index (χ1n) is 3.23. The standard InChI is InChI=1S/C7H9Br/c8-7-4-5-1-2-6(7)3-5/h4-6H,1-3H2/t5-,6-/m1/s1. The molecule has 1 fully saturated rings. The van der Waals surface area contributed by atoms with Crippen molar-refractivity contribution in [2.45, 2.75) is 19.3 Å². The van der Waals surface area contributed by atoms with Crippen LogP contribution in [0.4, 0.5) is 0 Å². The van der Waals surface area contributed by atoms with Gasteiger partial charge in [0.05, 0.1) is 0 Å². The number of hydrogen-bond donors (Lipinski definition) is 0. The molecule has 0 aromatic rings. The highest BCUT2D eigenvalue weighted by molar-refractivity contribution is 9.11. The first kappa shape index (κ1) is 5.04. The highest BCUT2D eigenvalue weighted by atomic mass is 79.9. The summed E-state index contributed by atoms with van der Waals surface area (Å²) in [5.41, 5.74) is 0. The second kappa shape index (κ2) is 1.60. The fourth-order valence-electron chi connectivity index (χ4n) is 1.78. The maximum Gasteiger partial charge on any atom is -0.00552 e. The molecule has 44 valence electrons. The van der Waals surface area contributed by atoms with Crippen LogP contribution in [0.15, 0.2) is 10.6 Å². The second-order valence-corrected chi connectivity index (χ2v) is 3.74. The lowest BCUT2D eigenvalue weighted by Gasteiger charge is -2.03. The van der Waals surface area contributed by atoms with Crippen molar-refractivity contribution in [2.24, 2.45) is 11.8 Å². The molecule has 1 saturated carbocycles. The molecule has 2 aliphatic rings. The van der Waals surface area contributed by atoms with Gasteiger partial charge in [-0.3, -0.25) is 0 Å². The predicted molar refractivity (Wildman–Crippen MR) is 37.8 cm³/mol. The Bertz CT molecular complexity index is 137. The topological polar surface area (TPSA) is 0 Å². The lowest BCUT2D eigenvalue weighted by molar-refractivity contribution is 0.688. The molecular formula is C7H9Br. The minimum atomic E-state index is 0.917. The van der Waals surface area contributed by atoms with Gasteiger partial charge in [0.1, 0.15) is 0 Å². The van der Waals surface area contributed by atoms with Crippen LogP contribution in [0.3, 0.4) is 0 Å². The van der Waals surface area contributed by atoms with Crippen LogP contribution in [-0.2, 0) is 0 Å². The van der Waals surface area contributed by atoms with Gasteiger partial charge in [0.25, 0.3) is 0 Å².